The summed E-state index contributed by atoms with van der Waals surface area (Å²) in [5, 5.41) is 6.13. The van der Waals surface area contributed by atoms with Gasteiger partial charge in [0, 0.05) is 76.5 Å². The van der Waals surface area contributed by atoms with Crippen LogP contribution in [0.2, 0.25) is 5.02 Å². The van der Waals surface area contributed by atoms with Gasteiger partial charge in [0.1, 0.15) is 22.0 Å². The SMILES string of the molecule is COc1cc(N2CCC(N3CCN(C)CC3)CC2)c(C)cc1Nc1ncc(Cl)c(Nc2ccc3nccnc3c2N(C)S(=O)(=O)C(C)C)n1. The van der Waals surface area contributed by atoms with Gasteiger partial charge < -0.3 is 25.2 Å². The molecule has 0 aliphatic carbocycles. The van der Waals surface area contributed by atoms with E-state index in [0.29, 0.717) is 39.9 Å². The standard InChI is InChI=1S/C34H45ClN10O3S/c1-22(2)49(46,47)43(5)32-27(8-7-26-31(32)37-12-11-36-26)39-33-25(35)21-38-34(41-33)40-28-19-23(3)29(20-30(28)48-6)45-13-9-24(10-14-45)44-17-15-42(4)16-18-44/h7-8,11-12,19-22,24H,9-10,13-18H2,1-6H3,(H2,38,39,40,41). The molecule has 2 aromatic carbocycles. The fraction of sp³-hybridized carbons (Fsp3) is 0.471. The Balaban J connectivity index is 1.23. The van der Waals surface area contributed by atoms with Gasteiger partial charge >= 0.3 is 0 Å². The maximum Gasteiger partial charge on any atom is 0.237 e. The number of piperidine rings is 1. The van der Waals surface area contributed by atoms with E-state index in [4.69, 9.17) is 16.3 Å². The molecule has 0 amide bonds. The topological polar surface area (TPSA) is 132 Å². The third kappa shape index (κ3) is 7.32. The number of sulfonamides is 1. The predicted octanol–water partition coefficient (Wildman–Crippen LogP) is 5.27. The molecule has 4 heterocycles. The number of piperazine rings is 1. The van der Waals surface area contributed by atoms with Crippen LogP contribution < -0.4 is 24.6 Å². The summed E-state index contributed by atoms with van der Waals surface area (Å²) in [5.41, 5.74) is 4.75. The molecule has 2 N–H and O–H groups in total. The number of hydrogen-bond acceptors (Lipinski definition) is 12. The van der Waals surface area contributed by atoms with Crippen LogP contribution in [0.1, 0.15) is 32.3 Å². The zero-order valence-corrected chi connectivity index (χ0v) is 30.5. The molecule has 0 bridgehead atoms. The Hall–Kier alpha value is -3.98. The number of halogens is 1. The number of benzene rings is 2. The van der Waals surface area contributed by atoms with Gasteiger partial charge in [-0.25, -0.2) is 13.4 Å². The van der Waals surface area contributed by atoms with Crippen molar-refractivity contribution in [3.05, 3.63) is 53.4 Å². The molecule has 2 aromatic heterocycles. The van der Waals surface area contributed by atoms with Crippen molar-refractivity contribution < 1.29 is 13.2 Å². The molecule has 15 heteroatoms. The molecule has 49 heavy (non-hydrogen) atoms. The van der Waals surface area contributed by atoms with Gasteiger partial charge in [-0.05, 0) is 64.4 Å². The van der Waals surface area contributed by atoms with Crippen molar-refractivity contribution in [1.29, 1.82) is 0 Å². The molecule has 0 saturated carbocycles. The zero-order valence-electron chi connectivity index (χ0n) is 28.9. The molecule has 262 valence electrons. The number of aryl methyl sites for hydroxylation is 1. The van der Waals surface area contributed by atoms with Crippen LogP contribution in [-0.2, 0) is 10.0 Å². The van der Waals surface area contributed by atoms with Crippen molar-refractivity contribution in [3.63, 3.8) is 0 Å². The Morgan fingerprint density at radius 2 is 1.69 bits per heavy atom. The smallest absolute Gasteiger partial charge is 0.237 e. The van der Waals surface area contributed by atoms with E-state index in [1.165, 1.54) is 23.7 Å². The van der Waals surface area contributed by atoms with Crippen molar-refractivity contribution in [1.82, 2.24) is 29.7 Å². The van der Waals surface area contributed by atoms with E-state index in [1.54, 1.807) is 39.3 Å². The van der Waals surface area contributed by atoms with Crippen LogP contribution in [0.3, 0.4) is 0 Å². The second-order valence-electron chi connectivity index (χ2n) is 13.0. The fourth-order valence-corrected chi connectivity index (χ4v) is 7.80. The summed E-state index contributed by atoms with van der Waals surface area (Å²) in [7, 11) is 1.66. The summed E-state index contributed by atoms with van der Waals surface area (Å²) < 4.78 is 33.6. The van der Waals surface area contributed by atoms with Gasteiger partial charge in [-0.1, -0.05) is 11.6 Å². The highest BCUT2D eigenvalue weighted by Crippen LogP contribution is 2.39. The first kappa shape index (κ1) is 34.9. The average molecular weight is 709 g/mol. The number of ether oxygens (including phenoxy) is 1. The third-order valence-corrected chi connectivity index (χ3v) is 11.9. The first-order chi connectivity index (χ1) is 23.5. The van der Waals surface area contributed by atoms with Crippen LogP contribution in [0.5, 0.6) is 5.75 Å². The molecule has 2 aliphatic heterocycles. The summed E-state index contributed by atoms with van der Waals surface area (Å²) in [5.74, 6) is 1.25. The van der Waals surface area contributed by atoms with Gasteiger partial charge in [0.15, 0.2) is 5.82 Å². The number of rotatable bonds is 10. The molecule has 4 aromatic rings. The molecular weight excluding hydrogens is 664 g/mol. The Bertz CT molecular complexity index is 1910. The van der Waals surface area contributed by atoms with Crippen molar-refractivity contribution in [3.8, 4) is 5.75 Å². The molecular formula is C34H45ClN10O3S. The van der Waals surface area contributed by atoms with E-state index in [2.05, 4.69) is 71.4 Å². The first-order valence-electron chi connectivity index (χ1n) is 16.6. The molecule has 6 rings (SSSR count). The lowest BCUT2D eigenvalue weighted by Gasteiger charge is -2.43. The van der Waals surface area contributed by atoms with E-state index < -0.39 is 15.3 Å². The third-order valence-electron chi connectivity index (χ3n) is 9.53. The Labute approximate surface area is 293 Å². The van der Waals surface area contributed by atoms with E-state index in [0.717, 1.165) is 63.4 Å². The number of nitrogens with one attached hydrogen (secondary N) is 2. The lowest BCUT2D eigenvalue weighted by Crippen LogP contribution is -2.52. The van der Waals surface area contributed by atoms with E-state index in [9.17, 15) is 8.42 Å². The average Bonchev–Trinajstić information content (AvgIpc) is 3.10. The minimum absolute atomic E-state index is 0.253. The van der Waals surface area contributed by atoms with Gasteiger partial charge in [-0.3, -0.25) is 19.2 Å². The lowest BCUT2D eigenvalue weighted by atomic mass is 10.0. The Morgan fingerprint density at radius 1 is 0.980 bits per heavy atom. The number of anilines is 6. The molecule has 2 aliphatic rings. The summed E-state index contributed by atoms with van der Waals surface area (Å²) in [6.07, 6.45) is 6.87. The molecule has 2 saturated heterocycles. The van der Waals surface area contributed by atoms with Crippen LogP contribution in [0.25, 0.3) is 11.0 Å². The van der Waals surface area contributed by atoms with Crippen molar-refractivity contribution in [2.45, 2.75) is 44.9 Å². The maximum absolute atomic E-state index is 13.3. The quantitative estimate of drug-likeness (QED) is 0.223. The highest BCUT2D eigenvalue weighted by molar-refractivity contribution is 7.93. The summed E-state index contributed by atoms with van der Waals surface area (Å²) in [4.78, 5) is 25.4. The normalized spacial score (nSPS) is 16.7. The molecule has 0 unspecified atom stereocenters. The molecule has 13 nitrogen and oxygen atoms in total. The van der Waals surface area contributed by atoms with Crippen molar-refractivity contribution >= 4 is 67.2 Å². The summed E-state index contributed by atoms with van der Waals surface area (Å²) >= 11 is 6.59. The predicted molar refractivity (Wildman–Crippen MR) is 198 cm³/mol. The Morgan fingerprint density at radius 3 is 2.39 bits per heavy atom. The first-order valence-corrected chi connectivity index (χ1v) is 18.5. The second-order valence-corrected chi connectivity index (χ2v) is 15.9. The largest absolute Gasteiger partial charge is 0.494 e. The molecule has 0 spiro atoms. The van der Waals surface area contributed by atoms with Crippen LogP contribution in [-0.4, -0.2) is 110 Å². The van der Waals surface area contributed by atoms with Crippen molar-refractivity contribution in [2.75, 3.05) is 80.3 Å². The van der Waals surface area contributed by atoms with E-state index in [-0.39, 0.29) is 16.8 Å². The minimum Gasteiger partial charge on any atom is -0.494 e. The highest BCUT2D eigenvalue weighted by atomic mass is 35.5. The zero-order chi connectivity index (χ0) is 34.9. The number of methoxy groups -OCH3 is 1. The molecule has 2 fully saturated rings. The van der Waals surface area contributed by atoms with Crippen LogP contribution in [0.4, 0.5) is 34.5 Å². The van der Waals surface area contributed by atoms with Crippen LogP contribution in [0, 0.1) is 6.92 Å². The van der Waals surface area contributed by atoms with Crippen molar-refractivity contribution in [2.24, 2.45) is 0 Å². The minimum atomic E-state index is -3.70. The highest BCUT2D eigenvalue weighted by Gasteiger charge is 2.29. The van der Waals surface area contributed by atoms with Crippen LogP contribution in [0.15, 0.2) is 42.9 Å². The molecule has 0 atom stereocenters. The number of fused-ring (bicyclic) bond motifs is 1. The second kappa shape index (κ2) is 14.5. The van der Waals surface area contributed by atoms with Gasteiger partial charge in [0.05, 0.1) is 35.4 Å². The number of likely N-dealkylation sites (N-methyl/N-ethyl adjacent to an activating group) is 1. The van der Waals surface area contributed by atoms with Crippen LogP contribution >= 0.6 is 11.6 Å². The summed E-state index contributed by atoms with van der Waals surface area (Å²) in [6, 6.07) is 8.27. The lowest BCUT2D eigenvalue weighted by molar-refractivity contribution is 0.0982. The van der Waals surface area contributed by atoms with E-state index in [1.807, 2.05) is 0 Å². The van der Waals surface area contributed by atoms with Gasteiger partial charge in [-0.2, -0.15) is 4.98 Å². The Kier molecular flexibility index (Phi) is 10.3. The summed E-state index contributed by atoms with van der Waals surface area (Å²) in [6.45, 7) is 11.9. The number of hydrogen-bond donors (Lipinski definition) is 2. The molecule has 0 radical (unpaired) electrons. The monoisotopic (exact) mass is 708 g/mol. The van der Waals surface area contributed by atoms with E-state index >= 15 is 0 Å². The van der Waals surface area contributed by atoms with Gasteiger partial charge in [0.25, 0.3) is 0 Å². The maximum atomic E-state index is 13.3. The number of nitrogens with zero attached hydrogens (tertiary/aromatic N) is 8. The fourth-order valence-electron chi connectivity index (χ4n) is 6.59. The van der Waals surface area contributed by atoms with Gasteiger partial charge in [-0.15, -0.1) is 0 Å². The number of aromatic nitrogens is 4. The van der Waals surface area contributed by atoms with Gasteiger partial charge in [0.2, 0.25) is 16.0 Å².